The maximum absolute atomic E-state index is 13.7. The molecular formula is C18H12Cl3F2N7O. The third-order valence-corrected chi connectivity index (χ3v) is 4.97. The number of halogens is 5. The van der Waals surface area contributed by atoms with Crippen molar-refractivity contribution < 1.29 is 13.6 Å². The Bertz CT molecular complexity index is 1300. The highest BCUT2D eigenvalue weighted by Crippen LogP contribution is 2.32. The Morgan fingerprint density at radius 1 is 1.19 bits per heavy atom. The number of anilines is 1. The molecule has 31 heavy (non-hydrogen) atoms. The number of rotatable bonds is 5. The van der Waals surface area contributed by atoms with Crippen LogP contribution in [-0.4, -0.2) is 35.3 Å². The minimum atomic E-state index is -3.69. The SMILES string of the molecule is Cc1cc(C(F)(F)Cl)n2nc(C(=O)Nc3ncn(Cc4ccc(Cl)cc4Cl)n3)cc2n1. The average molecular weight is 487 g/mol. The maximum atomic E-state index is 13.7. The van der Waals surface area contributed by atoms with Crippen LogP contribution in [0.3, 0.4) is 0 Å². The second-order valence-corrected chi connectivity index (χ2v) is 7.85. The van der Waals surface area contributed by atoms with Crippen LogP contribution in [0.2, 0.25) is 10.0 Å². The normalized spacial score (nSPS) is 11.8. The lowest BCUT2D eigenvalue weighted by atomic mass is 10.2. The highest BCUT2D eigenvalue weighted by Gasteiger charge is 2.32. The molecule has 4 aromatic rings. The van der Waals surface area contributed by atoms with Gasteiger partial charge in [-0.15, -0.1) is 5.10 Å². The molecule has 0 radical (unpaired) electrons. The molecule has 0 bridgehead atoms. The van der Waals surface area contributed by atoms with Crippen molar-refractivity contribution in [3.05, 3.63) is 69.3 Å². The molecule has 0 aliphatic carbocycles. The number of nitrogens with one attached hydrogen (secondary N) is 1. The van der Waals surface area contributed by atoms with Gasteiger partial charge in [0.15, 0.2) is 11.3 Å². The van der Waals surface area contributed by atoms with Crippen LogP contribution >= 0.6 is 34.8 Å². The topological polar surface area (TPSA) is 90.0 Å². The second-order valence-electron chi connectivity index (χ2n) is 6.54. The first-order valence-corrected chi connectivity index (χ1v) is 9.83. The molecule has 0 saturated carbocycles. The van der Waals surface area contributed by atoms with Gasteiger partial charge in [-0.1, -0.05) is 29.3 Å². The molecule has 3 aromatic heterocycles. The number of benzene rings is 1. The lowest BCUT2D eigenvalue weighted by Gasteiger charge is -2.10. The number of carbonyl (C=O) groups is 1. The van der Waals surface area contributed by atoms with E-state index in [1.165, 1.54) is 24.0 Å². The summed E-state index contributed by atoms with van der Waals surface area (Å²) in [5.41, 5.74) is 0.354. The summed E-state index contributed by atoms with van der Waals surface area (Å²) in [6, 6.07) is 7.41. The molecule has 3 heterocycles. The Labute approximate surface area is 188 Å². The van der Waals surface area contributed by atoms with Crippen LogP contribution in [0.25, 0.3) is 5.65 Å². The first-order valence-electron chi connectivity index (χ1n) is 8.69. The molecular weight excluding hydrogens is 475 g/mol. The van der Waals surface area contributed by atoms with E-state index in [9.17, 15) is 13.6 Å². The zero-order valence-electron chi connectivity index (χ0n) is 15.7. The van der Waals surface area contributed by atoms with E-state index in [4.69, 9.17) is 34.8 Å². The number of fused-ring (bicyclic) bond motifs is 1. The Morgan fingerprint density at radius 3 is 2.68 bits per heavy atom. The van der Waals surface area contributed by atoms with Gasteiger partial charge in [0.1, 0.15) is 12.0 Å². The van der Waals surface area contributed by atoms with Crippen molar-refractivity contribution in [2.45, 2.75) is 18.9 Å². The van der Waals surface area contributed by atoms with Gasteiger partial charge in [-0.2, -0.15) is 13.9 Å². The van der Waals surface area contributed by atoms with Gasteiger partial charge >= 0.3 is 5.38 Å². The molecule has 13 heteroatoms. The molecule has 1 amide bonds. The average Bonchev–Trinajstić information content (AvgIpc) is 3.29. The van der Waals surface area contributed by atoms with E-state index in [2.05, 4.69) is 25.5 Å². The predicted octanol–water partition coefficient (Wildman–Crippen LogP) is 4.52. The van der Waals surface area contributed by atoms with E-state index < -0.39 is 17.0 Å². The number of carbonyl (C=O) groups excluding carboxylic acids is 1. The molecule has 0 unspecified atom stereocenters. The van der Waals surface area contributed by atoms with Gasteiger partial charge in [0.25, 0.3) is 5.91 Å². The maximum Gasteiger partial charge on any atom is 0.364 e. The van der Waals surface area contributed by atoms with Crippen molar-refractivity contribution >= 4 is 52.3 Å². The number of alkyl halides is 3. The third kappa shape index (κ3) is 4.60. The Morgan fingerprint density at radius 2 is 1.97 bits per heavy atom. The summed E-state index contributed by atoms with van der Waals surface area (Å²) in [5.74, 6) is -0.701. The number of amides is 1. The van der Waals surface area contributed by atoms with Crippen LogP contribution in [0.5, 0.6) is 0 Å². The number of aromatic nitrogens is 6. The van der Waals surface area contributed by atoms with E-state index >= 15 is 0 Å². The summed E-state index contributed by atoms with van der Waals surface area (Å²) >= 11 is 17.2. The lowest BCUT2D eigenvalue weighted by Crippen LogP contribution is -2.16. The van der Waals surface area contributed by atoms with Crippen molar-refractivity contribution in [3.63, 3.8) is 0 Å². The number of hydrogen-bond acceptors (Lipinski definition) is 5. The smallest absolute Gasteiger partial charge is 0.288 e. The summed E-state index contributed by atoms with van der Waals surface area (Å²) in [6.45, 7) is 1.83. The number of hydrogen-bond donors (Lipinski definition) is 1. The molecule has 0 saturated heterocycles. The van der Waals surface area contributed by atoms with Crippen LogP contribution < -0.4 is 5.32 Å². The van der Waals surface area contributed by atoms with E-state index in [1.807, 2.05) is 0 Å². The Kier molecular flexibility index (Phi) is 5.54. The first-order chi connectivity index (χ1) is 14.6. The van der Waals surface area contributed by atoms with Gasteiger partial charge in [-0.05, 0) is 42.3 Å². The molecule has 8 nitrogen and oxygen atoms in total. The fourth-order valence-electron chi connectivity index (χ4n) is 2.83. The molecule has 0 fully saturated rings. The van der Waals surface area contributed by atoms with E-state index in [-0.39, 0.29) is 17.3 Å². The number of aryl methyl sites for hydroxylation is 1. The fraction of sp³-hybridized carbons (Fsp3) is 0.167. The van der Waals surface area contributed by atoms with E-state index in [0.717, 1.165) is 16.1 Å². The van der Waals surface area contributed by atoms with Crippen LogP contribution in [-0.2, 0) is 11.9 Å². The lowest BCUT2D eigenvalue weighted by molar-refractivity contribution is 0.0868. The fourth-order valence-corrected chi connectivity index (χ4v) is 3.43. The molecule has 0 aliphatic heterocycles. The van der Waals surface area contributed by atoms with Gasteiger partial charge < -0.3 is 0 Å². The van der Waals surface area contributed by atoms with Crippen LogP contribution in [0.1, 0.15) is 27.4 Å². The minimum Gasteiger partial charge on any atom is -0.288 e. The van der Waals surface area contributed by atoms with E-state index in [1.54, 1.807) is 18.2 Å². The Hall–Kier alpha value is -2.82. The summed E-state index contributed by atoms with van der Waals surface area (Å²) < 4.78 is 29.7. The largest absolute Gasteiger partial charge is 0.364 e. The minimum absolute atomic E-state index is 0.000761. The van der Waals surface area contributed by atoms with Gasteiger partial charge in [0.05, 0.1) is 6.54 Å². The van der Waals surface area contributed by atoms with Gasteiger partial charge in [0.2, 0.25) is 5.95 Å². The van der Waals surface area contributed by atoms with E-state index in [0.29, 0.717) is 22.3 Å². The molecule has 0 aliphatic rings. The summed E-state index contributed by atoms with van der Waals surface area (Å²) in [4.78, 5) is 20.6. The summed E-state index contributed by atoms with van der Waals surface area (Å²) in [6.07, 6.45) is 1.40. The monoisotopic (exact) mass is 485 g/mol. The van der Waals surface area contributed by atoms with Crippen molar-refractivity contribution in [1.29, 1.82) is 0 Å². The Balaban J connectivity index is 1.54. The zero-order chi connectivity index (χ0) is 22.3. The molecule has 160 valence electrons. The quantitative estimate of drug-likeness (QED) is 0.419. The molecule has 4 rings (SSSR count). The van der Waals surface area contributed by atoms with Gasteiger partial charge in [-0.3, -0.25) is 10.1 Å². The first kappa shape index (κ1) is 21.4. The highest BCUT2D eigenvalue weighted by molar-refractivity contribution is 6.35. The standard InChI is InChI=1S/C18H12Cl3F2N7O/c1-9-4-14(18(21,22)23)30-15(25-9)6-13(27-30)16(31)26-17-24-8-29(28-17)7-10-2-3-11(19)5-12(10)20/h2-6,8H,7H2,1H3,(H,26,28,31). The molecule has 0 atom stereocenters. The molecule has 0 spiro atoms. The van der Waals surface area contributed by atoms with Crippen molar-refractivity contribution in [2.24, 2.45) is 0 Å². The summed E-state index contributed by atoms with van der Waals surface area (Å²) in [7, 11) is 0. The highest BCUT2D eigenvalue weighted by atomic mass is 35.5. The van der Waals surface area contributed by atoms with Crippen LogP contribution in [0.15, 0.2) is 36.7 Å². The van der Waals surface area contributed by atoms with Crippen molar-refractivity contribution in [2.75, 3.05) is 5.32 Å². The number of nitrogens with zero attached hydrogens (tertiary/aromatic N) is 6. The molecule has 1 N–H and O–H groups in total. The predicted molar refractivity (Wildman–Crippen MR) is 111 cm³/mol. The van der Waals surface area contributed by atoms with Gasteiger partial charge in [0, 0.05) is 21.8 Å². The third-order valence-electron chi connectivity index (χ3n) is 4.19. The zero-order valence-corrected chi connectivity index (χ0v) is 17.9. The molecule has 1 aromatic carbocycles. The second kappa shape index (κ2) is 8.03. The van der Waals surface area contributed by atoms with Crippen molar-refractivity contribution in [3.8, 4) is 0 Å². The van der Waals surface area contributed by atoms with Gasteiger partial charge in [-0.25, -0.2) is 19.2 Å². The summed E-state index contributed by atoms with van der Waals surface area (Å²) in [5, 5.41) is 7.80. The van der Waals surface area contributed by atoms with Crippen LogP contribution in [0.4, 0.5) is 14.7 Å². The van der Waals surface area contributed by atoms with Crippen LogP contribution in [0, 0.1) is 6.92 Å². The van der Waals surface area contributed by atoms with Crippen molar-refractivity contribution in [1.82, 2.24) is 29.4 Å².